The van der Waals surface area contributed by atoms with Gasteiger partial charge < -0.3 is 4.74 Å². The third-order valence-corrected chi connectivity index (χ3v) is 2.25. The zero-order valence-corrected chi connectivity index (χ0v) is 9.68. The number of unbranched alkanes of at least 4 members (excludes halogenated alkanes) is 5. The first-order valence-electron chi connectivity index (χ1n) is 5.96. The van der Waals surface area contributed by atoms with Crippen molar-refractivity contribution in [1.82, 2.24) is 0 Å². The Morgan fingerprint density at radius 2 is 1.53 bits per heavy atom. The molecule has 15 heavy (non-hydrogen) atoms. The van der Waals surface area contributed by atoms with Crippen molar-refractivity contribution < 1.29 is 9.53 Å². The quantitative estimate of drug-likeness (QED) is 0.342. The number of hydrogen-bond acceptors (Lipinski definition) is 2. The van der Waals surface area contributed by atoms with E-state index in [-0.39, 0.29) is 35.5 Å². The third-order valence-electron chi connectivity index (χ3n) is 2.25. The Bertz CT molecular complexity index is 138. The Hall–Kier alpha value is 0.470. The molecule has 0 saturated carbocycles. The zero-order valence-electron chi connectivity index (χ0n) is 9.68. The molecule has 0 unspecified atom stereocenters. The van der Waals surface area contributed by atoms with E-state index in [2.05, 4.69) is 13.8 Å². The van der Waals surface area contributed by atoms with Crippen LogP contribution >= 0.6 is 0 Å². The Balaban J connectivity index is 0. The van der Waals surface area contributed by atoms with Crippen molar-refractivity contribution in [3.63, 3.8) is 0 Å². The van der Waals surface area contributed by atoms with Crippen molar-refractivity contribution in [3.8, 4) is 0 Å². The average Bonchev–Trinajstić information content (AvgIpc) is 2.18. The average molecular weight is 224 g/mol. The van der Waals surface area contributed by atoms with Crippen LogP contribution in [0.15, 0.2) is 0 Å². The number of hydrogen-bond donors (Lipinski definition) is 0. The van der Waals surface area contributed by atoms with E-state index in [1.807, 2.05) is 0 Å². The number of ether oxygens (including phenoxy) is 1. The molecule has 0 saturated heterocycles. The molecule has 0 aliphatic rings. The van der Waals surface area contributed by atoms with Gasteiger partial charge in [0.15, 0.2) is 0 Å². The normalized spacial score (nSPS) is 9.47. The van der Waals surface area contributed by atoms with Crippen molar-refractivity contribution in [2.24, 2.45) is 0 Å². The molecule has 0 aromatic carbocycles. The first kappa shape index (κ1) is 17.9. The second-order valence-corrected chi connectivity index (χ2v) is 3.74. The molecular weight excluding hydrogens is 199 g/mol. The SMILES string of the molecule is CCCCCCOC(=O)CCCCC.[NaH]. The van der Waals surface area contributed by atoms with Gasteiger partial charge in [-0.05, 0) is 12.8 Å². The molecule has 0 rings (SSSR count). The van der Waals surface area contributed by atoms with Crippen molar-refractivity contribution >= 4 is 35.5 Å². The van der Waals surface area contributed by atoms with E-state index >= 15 is 0 Å². The first-order chi connectivity index (χ1) is 6.81. The van der Waals surface area contributed by atoms with Gasteiger partial charge in [0, 0.05) is 6.42 Å². The molecule has 0 spiro atoms. The van der Waals surface area contributed by atoms with Gasteiger partial charge >= 0.3 is 35.5 Å². The fourth-order valence-electron chi connectivity index (χ4n) is 1.31. The van der Waals surface area contributed by atoms with E-state index < -0.39 is 0 Å². The Morgan fingerprint density at radius 3 is 2.13 bits per heavy atom. The van der Waals surface area contributed by atoms with Crippen LogP contribution < -0.4 is 0 Å². The molecule has 3 heteroatoms. The summed E-state index contributed by atoms with van der Waals surface area (Å²) >= 11 is 0. The van der Waals surface area contributed by atoms with Gasteiger partial charge in [-0.25, -0.2) is 0 Å². The van der Waals surface area contributed by atoms with Crippen molar-refractivity contribution in [2.45, 2.75) is 65.2 Å². The summed E-state index contributed by atoms with van der Waals surface area (Å²) in [5.74, 6) is -0.0186. The van der Waals surface area contributed by atoms with Crippen LogP contribution in [0, 0.1) is 0 Å². The number of carbonyl (C=O) groups excluding carboxylic acids is 1. The minimum atomic E-state index is -0.0186. The number of esters is 1. The summed E-state index contributed by atoms with van der Waals surface area (Å²) in [6.07, 6.45) is 8.53. The monoisotopic (exact) mass is 224 g/mol. The first-order valence-corrected chi connectivity index (χ1v) is 5.96. The van der Waals surface area contributed by atoms with Gasteiger partial charge in [-0.3, -0.25) is 4.79 Å². The summed E-state index contributed by atoms with van der Waals surface area (Å²) < 4.78 is 5.10. The van der Waals surface area contributed by atoms with E-state index in [1.165, 1.54) is 19.3 Å². The van der Waals surface area contributed by atoms with Crippen LogP contribution in [-0.2, 0) is 9.53 Å². The van der Waals surface area contributed by atoms with Crippen molar-refractivity contribution in [3.05, 3.63) is 0 Å². The van der Waals surface area contributed by atoms with Gasteiger partial charge in [0.1, 0.15) is 0 Å². The molecule has 0 aromatic heterocycles. The predicted molar refractivity (Wildman–Crippen MR) is 66.4 cm³/mol. The zero-order chi connectivity index (χ0) is 10.6. The Kier molecular flexibility index (Phi) is 17.2. The fraction of sp³-hybridized carbons (Fsp3) is 0.917. The molecule has 86 valence electrons. The van der Waals surface area contributed by atoms with Crippen LogP contribution in [0.25, 0.3) is 0 Å². The predicted octanol–water partition coefficient (Wildman–Crippen LogP) is 3.04. The molecule has 0 aliphatic carbocycles. The van der Waals surface area contributed by atoms with Gasteiger partial charge in [0.05, 0.1) is 6.61 Å². The third kappa shape index (κ3) is 14.5. The van der Waals surface area contributed by atoms with E-state index in [0.717, 1.165) is 25.7 Å². The molecule has 0 bridgehead atoms. The van der Waals surface area contributed by atoms with Gasteiger partial charge in [-0.1, -0.05) is 46.0 Å². The van der Waals surface area contributed by atoms with Crippen LogP contribution in [0.3, 0.4) is 0 Å². The van der Waals surface area contributed by atoms with Crippen molar-refractivity contribution in [1.29, 1.82) is 0 Å². The summed E-state index contributed by atoms with van der Waals surface area (Å²) in [6.45, 7) is 4.93. The molecular formula is C12H25NaO2. The van der Waals surface area contributed by atoms with Gasteiger partial charge in [-0.2, -0.15) is 0 Å². The number of rotatable bonds is 9. The number of carbonyl (C=O) groups is 1. The maximum absolute atomic E-state index is 11.1. The standard InChI is InChI=1S/C12H24O2.Na.H/c1-3-5-7-9-11-14-12(13)10-8-6-4-2;;/h3-11H2,1-2H3;;. The Labute approximate surface area is 116 Å². The molecule has 0 radical (unpaired) electrons. The second-order valence-electron chi connectivity index (χ2n) is 3.74. The maximum atomic E-state index is 11.1. The molecule has 0 N–H and O–H groups in total. The summed E-state index contributed by atoms with van der Waals surface area (Å²) in [5, 5.41) is 0. The van der Waals surface area contributed by atoms with Crippen molar-refractivity contribution in [2.75, 3.05) is 6.61 Å². The molecule has 0 atom stereocenters. The van der Waals surface area contributed by atoms with E-state index in [9.17, 15) is 4.79 Å². The summed E-state index contributed by atoms with van der Waals surface area (Å²) in [5.41, 5.74) is 0. The van der Waals surface area contributed by atoms with Crippen LogP contribution in [0.1, 0.15) is 65.2 Å². The summed E-state index contributed by atoms with van der Waals surface area (Å²) in [4.78, 5) is 11.1. The molecule has 0 amide bonds. The molecule has 2 nitrogen and oxygen atoms in total. The van der Waals surface area contributed by atoms with E-state index in [4.69, 9.17) is 4.74 Å². The second kappa shape index (κ2) is 14.5. The fourth-order valence-corrected chi connectivity index (χ4v) is 1.31. The molecule has 0 fully saturated rings. The van der Waals surface area contributed by atoms with Crippen LogP contribution in [0.4, 0.5) is 0 Å². The van der Waals surface area contributed by atoms with Gasteiger partial charge in [0.25, 0.3) is 0 Å². The van der Waals surface area contributed by atoms with Crippen LogP contribution in [0.5, 0.6) is 0 Å². The van der Waals surface area contributed by atoms with Gasteiger partial charge in [-0.15, -0.1) is 0 Å². The minimum absolute atomic E-state index is 0. The topological polar surface area (TPSA) is 26.3 Å². The molecule has 0 heterocycles. The van der Waals surface area contributed by atoms with E-state index in [1.54, 1.807) is 0 Å². The van der Waals surface area contributed by atoms with Crippen LogP contribution in [0.2, 0.25) is 0 Å². The molecule has 0 aromatic rings. The van der Waals surface area contributed by atoms with Gasteiger partial charge in [0.2, 0.25) is 0 Å². The van der Waals surface area contributed by atoms with Crippen LogP contribution in [-0.4, -0.2) is 42.1 Å². The Morgan fingerprint density at radius 1 is 0.933 bits per heavy atom. The summed E-state index contributed by atoms with van der Waals surface area (Å²) in [7, 11) is 0. The molecule has 0 aliphatic heterocycles. The van der Waals surface area contributed by atoms with E-state index in [0.29, 0.717) is 13.0 Å². The summed E-state index contributed by atoms with van der Waals surface area (Å²) in [6, 6.07) is 0.